The second-order valence-corrected chi connectivity index (χ2v) is 10.1. The lowest BCUT2D eigenvalue weighted by Crippen LogP contribution is -2.44. The summed E-state index contributed by atoms with van der Waals surface area (Å²) in [6.07, 6.45) is -15.7. The quantitative estimate of drug-likeness (QED) is 0.363. The summed E-state index contributed by atoms with van der Waals surface area (Å²) in [5, 5.41) is 5.92. The molecule has 44 heavy (non-hydrogen) atoms. The molecule has 0 aromatic heterocycles. The average Bonchev–Trinajstić information content (AvgIpc) is 3.38. The van der Waals surface area contributed by atoms with E-state index in [9.17, 15) is 53.5 Å². The number of nitrogens with one attached hydrogen (secondary N) is 2. The number of hydrogen-bond acceptors (Lipinski definition) is 4. The minimum absolute atomic E-state index is 0. The van der Waals surface area contributed by atoms with Crippen LogP contribution in [-0.4, -0.2) is 60.9 Å². The Morgan fingerprint density at radius 2 is 0.977 bits per heavy atom. The molecular weight excluding hydrogens is 661 g/mol. The molecule has 4 aliphatic heterocycles. The van der Waals surface area contributed by atoms with Crippen LogP contribution >= 0.6 is 24.8 Å². The molecule has 0 bridgehead atoms. The van der Waals surface area contributed by atoms with Gasteiger partial charge in [-0.25, -0.2) is 17.6 Å². The van der Waals surface area contributed by atoms with E-state index in [0.717, 1.165) is 12.1 Å². The molecule has 2 aromatic carbocycles. The number of hydrogen-bond donors (Lipinski definition) is 2. The number of amides is 2. The lowest BCUT2D eigenvalue weighted by atomic mass is 9.95. The summed E-state index contributed by atoms with van der Waals surface area (Å²) in [5.41, 5.74) is -4.84. The van der Waals surface area contributed by atoms with E-state index in [-0.39, 0.29) is 62.1 Å². The van der Waals surface area contributed by atoms with Crippen LogP contribution in [0.5, 0.6) is 0 Å². The normalized spacial score (nSPS) is 20.7. The van der Waals surface area contributed by atoms with Gasteiger partial charge in [-0.05, 0) is 35.4 Å². The molecule has 2 atom stereocenters. The van der Waals surface area contributed by atoms with Crippen LogP contribution in [0.3, 0.4) is 0 Å². The number of benzene rings is 2. The van der Waals surface area contributed by atoms with E-state index in [1.54, 1.807) is 0 Å². The highest BCUT2D eigenvalue weighted by Crippen LogP contribution is 2.45. The van der Waals surface area contributed by atoms with E-state index in [2.05, 4.69) is 10.6 Å². The van der Waals surface area contributed by atoms with Crippen molar-refractivity contribution >= 4 is 36.6 Å². The lowest BCUT2D eigenvalue weighted by molar-refractivity contribution is -0.138. The molecule has 0 unspecified atom stereocenters. The van der Waals surface area contributed by atoms with E-state index in [1.165, 1.54) is 9.80 Å². The van der Waals surface area contributed by atoms with Crippen molar-refractivity contribution in [2.75, 3.05) is 39.3 Å². The molecule has 2 saturated heterocycles. The molecular formula is C26H24Cl2F10N4O2. The molecule has 2 aromatic rings. The van der Waals surface area contributed by atoms with Crippen LogP contribution in [0.2, 0.25) is 0 Å². The molecule has 0 spiro atoms. The highest BCUT2D eigenvalue weighted by molar-refractivity contribution is 6.02. The molecule has 4 heterocycles. The van der Waals surface area contributed by atoms with Gasteiger partial charge in [0.15, 0.2) is 0 Å². The Morgan fingerprint density at radius 3 is 1.27 bits per heavy atom. The topological polar surface area (TPSA) is 64.7 Å². The Morgan fingerprint density at radius 1 is 0.636 bits per heavy atom. The summed E-state index contributed by atoms with van der Waals surface area (Å²) < 4.78 is 130. The van der Waals surface area contributed by atoms with Crippen molar-refractivity contribution in [2.24, 2.45) is 0 Å². The Balaban J connectivity index is 0.000000230. The van der Waals surface area contributed by atoms with Gasteiger partial charge in [0.05, 0.1) is 34.3 Å². The molecule has 0 saturated carbocycles. The number of carbonyl (C=O) groups excluding carboxylic acids is 2. The molecule has 0 aliphatic carbocycles. The summed E-state index contributed by atoms with van der Waals surface area (Å²) in [6, 6.07) is 1.58. The van der Waals surface area contributed by atoms with Gasteiger partial charge in [-0.1, -0.05) is 0 Å². The van der Waals surface area contributed by atoms with E-state index >= 15 is 0 Å². The number of halogens is 12. The Hall–Kier alpha value is -2.82. The minimum Gasteiger partial charge on any atom is -0.329 e. The highest BCUT2D eigenvalue weighted by Gasteiger charge is 2.47. The third-order valence-corrected chi connectivity index (χ3v) is 7.65. The fourth-order valence-electron chi connectivity index (χ4n) is 5.82. The third kappa shape index (κ3) is 6.30. The number of carbonyl (C=O) groups is 2. The van der Waals surface area contributed by atoms with Crippen molar-refractivity contribution in [2.45, 2.75) is 37.3 Å². The van der Waals surface area contributed by atoms with Gasteiger partial charge in [0.1, 0.15) is 0 Å². The Bertz CT molecular complexity index is 1320. The minimum atomic E-state index is -4.84. The Kier molecular flexibility index (Phi) is 10.4. The standard InChI is InChI=1S/2C13H11F5N2O.2ClH/c2*14-11(15)6-3-7-9-5-19-1-2-20(9)12(21)10(7)8(4-6)13(16,17)18;;/h2*3-4,9,11,19H,1-2,5H2;2*1H/t2*9-;;/m10../s1. The van der Waals surface area contributed by atoms with Crippen molar-refractivity contribution in [1.82, 2.24) is 20.4 Å². The van der Waals surface area contributed by atoms with E-state index < -0.39 is 82.5 Å². The highest BCUT2D eigenvalue weighted by atomic mass is 35.5. The van der Waals surface area contributed by atoms with Crippen LogP contribution in [0, 0.1) is 0 Å². The van der Waals surface area contributed by atoms with E-state index in [1.807, 2.05) is 0 Å². The number of nitrogens with zero attached hydrogens (tertiary/aromatic N) is 2. The van der Waals surface area contributed by atoms with E-state index in [4.69, 9.17) is 0 Å². The molecule has 2 fully saturated rings. The van der Waals surface area contributed by atoms with Crippen molar-refractivity contribution in [1.29, 1.82) is 0 Å². The summed E-state index contributed by atoms with van der Waals surface area (Å²) in [6.45, 7) is 2.00. The molecule has 2 N–H and O–H groups in total. The Labute approximate surface area is 255 Å². The predicted molar refractivity (Wildman–Crippen MR) is 141 cm³/mol. The van der Waals surface area contributed by atoms with Crippen molar-refractivity contribution in [3.8, 4) is 0 Å². The summed E-state index contributed by atoms with van der Waals surface area (Å²) in [4.78, 5) is 27.0. The van der Waals surface area contributed by atoms with Gasteiger partial charge in [0.2, 0.25) is 0 Å². The SMILES string of the molecule is Cl.Cl.O=C1c2c(cc(C(F)F)cc2C(F)(F)F)[C@@H]2CNCCN12.O=C1c2c(cc(C(F)F)cc2C(F)(F)F)[C@H]2CNCCN12. The number of alkyl halides is 10. The molecule has 0 radical (unpaired) electrons. The van der Waals surface area contributed by atoms with Crippen molar-refractivity contribution in [3.63, 3.8) is 0 Å². The van der Waals surface area contributed by atoms with Crippen molar-refractivity contribution in [3.05, 3.63) is 68.8 Å². The molecule has 2 amide bonds. The van der Waals surface area contributed by atoms with Crippen LogP contribution < -0.4 is 10.6 Å². The number of rotatable bonds is 2. The maximum Gasteiger partial charge on any atom is 0.417 e. The van der Waals surface area contributed by atoms with Gasteiger partial charge >= 0.3 is 12.4 Å². The predicted octanol–water partition coefficient (Wildman–Crippen LogP) is 6.33. The van der Waals surface area contributed by atoms with Crippen LogP contribution in [0.15, 0.2) is 24.3 Å². The lowest BCUT2D eigenvalue weighted by Gasteiger charge is -2.30. The van der Waals surface area contributed by atoms with Crippen LogP contribution in [0.1, 0.15) is 79.0 Å². The zero-order valence-corrected chi connectivity index (χ0v) is 23.8. The number of piperazine rings is 2. The fourth-order valence-corrected chi connectivity index (χ4v) is 5.82. The fraction of sp³-hybridized carbons (Fsp3) is 0.462. The molecule has 6 rings (SSSR count). The van der Waals surface area contributed by atoms with Gasteiger partial charge in [-0.2, -0.15) is 26.3 Å². The maximum atomic E-state index is 13.1. The number of fused-ring (bicyclic) bond motifs is 6. The molecule has 4 aliphatic rings. The first-order chi connectivity index (χ1) is 19.6. The summed E-state index contributed by atoms with van der Waals surface area (Å²) >= 11 is 0. The van der Waals surface area contributed by atoms with Gasteiger partial charge in [-0.15, -0.1) is 24.8 Å². The zero-order valence-electron chi connectivity index (χ0n) is 22.2. The van der Waals surface area contributed by atoms with Crippen LogP contribution in [0.4, 0.5) is 43.9 Å². The largest absolute Gasteiger partial charge is 0.417 e. The second kappa shape index (κ2) is 12.9. The summed E-state index contributed by atoms with van der Waals surface area (Å²) in [5.74, 6) is -1.46. The molecule has 6 nitrogen and oxygen atoms in total. The summed E-state index contributed by atoms with van der Waals surface area (Å²) in [7, 11) is 0. The van der Waals surface area contributed by atoms with Gasteiger partial charge < -0.3 is 20.4 Å². The van der Waals surface area contributed by atoms with E-state index in [0.29, 0.717) is 25.2 Å². The third-order valence-electron chi connectivity index (χ3n) is 7.65. The van der Waals surface area contributed by atoms with Crippen molar-refractivity contribution < 1.29 is 53.5 Å². The second-order valence-electron chi connectivity index (χ2n) is 10.1. The van der Waals surface area contributed by atoms with Gasteiger partial charge in [0.25, 0.3) is 24.7 Å². The first-order valence-electron chi connectivity index (χ1n) is 12.7. The smallest absolute Gasteiger partial charge is 0.329 e. The van der Waals surface area contributed by atoms with Gasteiger partial charge in [-0.3, -0.25) is 9.59 Å². The zero-order chi connectivity index (χ0) is 30.7. The maximum absolute atomic E-state index is 13.1. The molecule has 18 heteroatoms. The first-order valence-corrected chi connectivity index (χ1v) is 12.7. The van der Waals surface area contributed by atoms with Gasteiger partial charge in [0, 0.05) is 50.4 Å². The first kappa shape index (κ1) is 35.7. The molecule has 244 valence electrons. The van der Waals surface area contributed by atoms with Crippen LogP contribution in [0.25, 0.3) is 0 Å². The monoisotopic (exact) mass is 684 g/mol. The van der Waals surface area contributed by atoms with Crippen LogP contribution in [-0.2, 0) is 12.4 Å². The average molecular weight is 685 g/mol.